The van der Waals surface area contributed by atoms with Crippen LogP contribution in [-0.4, -0.2) is 63.4 Å². The molecule has 0 aliphatic heterocycles. The molecule has 43 heavy (non-hydrogen) atoms. The molecule has 0 atom stereocenters. The maximum atomic E-state index is 13.4. The van der Waals surface area contributed by atoms with E-state index in [0.29, 0.717) is 11.6 Å². The predicted molar refractivity (Wildman–Crippen MR) is 144 cm³/mol. The van der Waals surface area contributed by atoms with Crippen molar-refractivity contribution in [1.82, 2.24) is 15.0 Å². The number of anilines is 2. The van der Waals surface area contributed by atoms with E-state index < -0.39 is 60.3 Å². The molecule has 4 aromatic rings. The summed E-state index contributed by atoms with van der Waals surface area (Å²) in [6.07, 6.45) is -3.78. The second kappa shape index (κ2) is 11.1. The van der Waals surface area contributed by atoms with Crippen LogP contribution >= 0.6 is 0 Å². The molecule has 0 aliphatic rings. The summed E-state index contributed by atoms with van der Waals surface area (Å²) in [7, 11) is -8.54. The van der Waals surface area contributed by atoms with Crippen LogP contribution in [0.25, 0.3) is 22.3 Å². The van der Waals surface area contributed by atoms with Crippen LogP contribution in [0.1, 0.15) is 11.1 Å². The number of ether oxygens (including phenoxy) is 1. The molecule has 0 saturated heterocycles. The zero-order valence-electron chi connectivity index (χ0n) is 22.1. The number of aromatic nitrogens is 3. The fourth-order valence-electron chi connectivity index (χ4n) is 4.05. The topological polar surface area (TPSA) is 154 Å². The van der Waals surface area contributed by atoms with Crippen LogP contribution in [-0.2, 0) is 26.1 Å². The number of nitrogens with one attached hydrogen (secondary N) is 1. The second-order valence-corrected chi connectivity index (χ2v) is 13.1. The number of methoxy groups -OCH3 is 1. The van der Waals surface area contributed by atoms with Crippen molar-refractivity contribution in [3.05, 3.63) is 59.7 Å². The first-order valence-corrected chi connectivity index (χ1v) is 15.2. The Balaban J connectivity index is 2.00. The molecule has 0 aliphatic carbocycles. The van der Waals surface area contributed by atoms with Crippen molar-refractivity contribution < 1.29 is 47.9 Å². The molecule has 0 radical (unpaired) electrons. The lowest BCUT2D eigenvalue weighted by molar-refractivity contribution is -0.115. The fraction of sp³-hybridized carbons (Fsp3) is 0.240. The van der Waals surface area contributed by atoms with Gasteiger partial charge in [-0.25, -0.2) is 26.8 Å². The Morgan fingerprint density at radius 3 is 2.21 bits per heavy atom. The number of alkyl halides is 6. The Morgan fingerprint density at radius 2 is 1.60 bits per heavy atom. The Hall–Kier alpha value is -4.19. The second-order valence-electron chi connectivity index (χ2n) is 9.17. The van der Waals surface area contributed by atoms with Crippen LogP contribution in [0, 0.1) is 0 Å². The summed E-state index contributed by atoms with van der Waals surface area (Å²) in [5.41, 5.74) is 0.0794. The van der Waals surface area contributed by atoms with E-state index in [9.17, 15) is 43.2 Å². The van der Waals surface area contributed by atoms with Crippen molar-refractivity contribution >= 4 is 42.5 Å². The number of hydrogen-bond donors (Lipinski definition) is 2. The Bertz CT molecular complexity index is 1930. The Morgan fingerprint density at radius 1 is 0.907 bits per heavy atom. The van der Waals surface area contributed by atoms with E-state index in [1.807, 2.05) is 0 Å². The standard InChI is InChI=1S/C25H21F6N5O5S2/c1-41-18-7-6-14(11-19(18)43(39,40)25(29,30)31)17-10-15(8-13-4-3-5-16(9-13)42(2,37)38)20-21(34-17)22(36-23(32)35-20)33-12-24(26,27)28/h3-7,9-11H,8,12H2,1-2H3,(H3,32,33,35,36). The largest absolute Gasteiger partial charge is 0.502 e. The summed E-state index contributed by atoms with van der Waals surface area (Å²) in [5, 5.41) is 2.08. The third kappa shape index (κ3) is 6.90. The van der Waals surface area contributed by atoms with Gasteiger partial charge in [0.1, 0.15) is 28.2 Å². The lowest BCUT2D eigenvalue weighted by Gasteiger charge is -2.16. The fourth-order valence-corrected chi connectivity index (χ4v) is 5.69. The van der Waals surface area contributed by atoms with Crippen LogP contribution in [0.3, 0.4) is 0 Å². The van der Waals surface area contributed by atoms with E-state index in [2.05, 4.69) is 20.3 Å². The van der Waals surface area contributed by atoms with Crippen molar-refractivity contribution in [3.8, 4) is 17.0 Å². The Labute approximate surface area is 240 Å². The van der Waals surface area contributed by atoms with Gasteiger partial charge in [0.15, 0.2) is 15.7 Å². The summed E-state index contributed by atoms with van der Waals surface area (Å²) < 4.78 is 133. The maximum Gasteiger partial charge on any atom is 0.502 e. The van der Waals surface area contributed by atoms with Crippen LogP contribution < -0.4 is 15.8 Å². The molecular weight excluding hydrogens is 628 g/mol. The maximum absolute atomic E-state index is 13.4. The Kier molecular flexibility index (Phi) is 8.22. The minimum absolute atomic E-state index is 0.0255. The molecule has 10 nitrogen and oxygen atoms in total. The smallest absolute Gasteiger partial charge is 0.495 e. The minimum atomic E-state index is -5.90. The quantitative estimate of drug-likeness (QED) is 0.260. The molecule has 18 heteroatoms. The van der Waals surface area contributed by atoms with Gasteiger partial charge in [0.25, 0.3) is 9.84 Å². The van der Waals surface area contributed by atoms with E-state index in [0.717, 1.165) is 19.4 Å². The van der Waals surface area contributed by atoms with Crippen molar-refractivity contribution in [2.45, 2.75) is 27.9 Å². The van der Waals surface area contributed by atoms with Gasteiger partial charge in [-0.2, -0.15) is 31.3 Å². The van der Waals surface area contributed by atoms with E-state index in [4.69, 9.17) is 10.5 Å². The summed E-state index contributed by atoms with van der Waals surface area (Å²) >= 11 is 0. The van der Waals surface area contributed by atoms with Crippen molar-refractivity contribution in [2.75, 3.05) is 31.0 Å². The number of pyridine rings is 1. The average Bonchev–Trinajstić information content (AvgIpc) is 2.90. The summed E-state index contributed by atoms with van der Waals surface area (Å²) in [4.78, 5) is 10.9. The third-order valence-electron chi connectivity index (χ3n) is 5.98. The SMILES string of the molecule is COc1ccc(-c2cc(Cc3cccc(S(C)(=O)=O)c3)c3nc(N)nc(NCC(F)(F)F)c3n2)cc1S(=O)(=O)C(F)(F)F. The molecule has 0 spiro atoms. The number of nitrogens with zero attached hydrogens (tertiary/aromatic N) is 3. The normalized spacial score (nSPS) is 12.8. The van der Waals surface area contributed by atoms with E-state index in [1.54, 1.807) is 6.07 Å². The third-order valence-corrected chi connectivity index (χ3v) is 8.60. The molecule has 2 aromatic carbocycles. The molecule has 0 bridgehead atoms. The number of halogens is 6. The number of hydrogen-bond acceptors (Lipinski definition) is 10. The van der Waals surface area contributed by atoms with Crippen LogP contribution in [0.2, 0.25) is 0 Å². The highest BCUT2D eigenvalue weighted by Gasteiger charge is 2.48. The van der Waals surface area contributed by atoms with Crippen LogP contribution in [0.5, 0.6) is 5.75 Å². The lowest BCUT2D eigenvalue weighted by Crippen LogP contribution is -2.23. The van der Waals surface area contributed by atoms with Gasteiger partial charge in [-0.3, -0.25) is 0 Å². The molecular formula is C25H21F6N5O5S2. The van der Waals surface area contributed by atoms with Gasteiger partial charge < -0.3 is 15.8 Å². The van der Waals surface area contributed by atoms with Gasteiger partial charge in [0.05, 0.1) is 17.7 Å². The molecule has 2 aromatic heterocycles. The average molecular weight is 650 g/mol. The molecule has 3 N–H and O–H groups in total. The van der Waals surface area contributed by atoms with Crippen molar-refractivity contribution in [2.24, 2.45) is 0 Å². The van der Waals surface area contributed by atoms with Crippen LogP contribution in [0.15, 0.2) is 58.3 Å². The lowest BCUT2D eigenvalue weighted by atomic mass is 10.0. The highest BCUT2D eigenvalue weighted by Crippen LogP contribution is 2.38. The number of sulfone groups is 2. The minimum Gasteiger partial charge on any atom is -0.495 e. The zero-order valence-corrected chi connectivity index (χ0v) is 23.7. The van der Waals surface area contributed by atoms with Crippen LogP contribution in [0.4, 0.5) is 38.1 Å². The van der Waals surface area contributed by atoms with E-state index in [1.165, 1.54) is 30.3 Å². The first kappa shape index (κ1) is 31.7. The number of nitrogens with two attached hydrogens (primary N) is 1. The predicted octanol–water partition coefficient (Wildman–Crippen LogP) is 4.54. The molecule has 0 saturated carbocycles. The van der Waals surface area contributed by atoms with Crippen molar-refractivity contribution in [1.29, 1.82) is 0 Å². The highest BCUT2D eigenvalue weighted by atomic mass is 32.2. The first-order chi connectivity index (χ1) is 19.8. The molecule has 0 fully saturated rings. The van der Waals surface area contributed by atoms with Gasteiger partial charge in [-0.15, -0.1) is 0 Å². The van der Waals surface area contributed by atoms with E-state index >= 15 is 0 Å². The molecule has 0 amide bonds. The van der Waals surface area contributed by atoms with Gasteiger partial charge >= 0.3 is 11.7 Å². The van der Waals surface area contributed by atoms with Gasteiger partial charge in [0, 0.05) is 11.8 Å². The number of benzene rings is 2. The summed E-state index contributed by atoms with van der Waals surface area (Å²) in [5.74, 6) is -1.49. The van der Waals surface area contributed by atoms with Gasteiger partial charge in [-0.05, 0) is 53.9 Å². The molecule has 4 rings (SSSR count). The number of nitrogen functional groups attached to an aromatic ring is 1. The first-order valence-electron chi connectivity index (χ1n) is 11.9. The molecule has 0 unspecified atom stereocenters. The zero-order chi connectivity index (χ0) is 32.0. The molecule has 230 valence electrons. The molecule has 2 heterocycles. The number of fused-ring (bicyclic) bond motifs is 1. The van der Waals surface area contributed by atoms with Gasteiger partial charge in [0.2, 0.25) is 5.95 Å². The van der Waals surface area contributed by atoms with E-state index in [-0.39, 0.29) is 39.2 Å². The van der Waals surface area contributed by atoms with Gasteiger partial charge in [-0.1, -0.05) is 12.1 Å². The summed E-state index contributed by atoms with van der Waals surface area (Å²) in [6.45, 7) is -1.55. The summed E-state index contributed by atoms with van der Waals surface area (Å²) in [6, 6.07) is 9.91. The number of rotatable bonds is 8. The highest BCUT2D eigenvalue weighted by molar-refractivity contribution is 7.92. The monoisotopic (exact) mass is 649 g/mol. The van der Waals surface area contributed by atoms with Crippen molar-refractivity contribution in [3.63, 3.8) is 0 Å².